The van der Waals surface area contributed by atoms with E-state index < -0.39 is 0 Å². The average molecular weight is 341 g/mol. The van der Waals surface area contributed by atoms with Gasteiger partial charge in [-0.2, -0.15) is 4.98 Å². The molecule has 0 bridgehead atoms. The second kappa shape index (κ2) is 7.45. The van der Waals surface area contributed by atoms with Crippen molar-refractivity contribution in [3.05, 3.63) is 33.1 Å². The molecule has 2 N–H and O–H groups in total. The standard InChI is InChI=1S/C13H17BrN4S/c1-2-6-16-13-17-9-11(14)12(18-13)15-7-5-10-4-3-8-19-10/h3-4,8-9H,2,5-7H2,1H3,(H2,15,16,17,18). The molecule has 0 fully saturated rings. The van der Waals surface area contributed by atoms with Gasteiger partial charge in [-0.15, -0.1) is 11.3 Å². The molecule has 0 aliphatic rings. The number of nitrogens with one attached hydrogen (secondary N) is 2. The minimum atomic E-state index is 0.670. The fourth-order valence-electron chi connectivity index (χ4n) is 1.57. The van der Waals surface area contributed by atoms with Gasteiger partial charge in [-0.1, -0.05) is 13.0 Å². The predicted octanol–water partition coefficient (Wildman–Crippen LogP) is 3.78. The molecule has 2 heterocycles. The molecule has 2 aromatic heterocycles. The average Bonchev–Trinajstić information content (AvgIpc) is 2.92. The van der Waals surface area contributed by atoms with Crippen LogP contribution in [0.2, 0.25) is 0 Å². The molecule has 102 valence electrons. The molecule has 0 atom stereocenters. The van der Waals surface area contributed by atoms with Gasteiger partial charge in [0.1, 0.15) is 5.82 Å². The topological polar surface area (TPSA) is 49.8 Å². The Hall–Kier alpha value is -1.14. The summed E-state index contributed by atoms with van der Waals surface area (Å²) in [6.45, 7) is 3.87. The normalized spacial score (nSPS) is 10.4. The van der Waals surface area contributed by atoms with Crippen molar-refractivity contribution in [2.75, 3.05) is 23.7 Å². The zero-order valence-electron chi connectivity index (χ0n) is 10.8. The number of thiophene rings is 1. The van der Waals surface area contributed by atoms with Crippen LogP contribution in [0.3, 0.4) is 0 Å². The van der Waals surface area contributed by atoms with Crippen molar-refractivity contribution in [2.45, 2.75) is 19.8 Å². The molecule has 0 aliphatic carbocycles. The van der Waals surface area contributed by atoms with E-state index in [1.807, 2.05) is 0 Å². The Kier molecular flexibility index (Phi) is 5.60. The lowest BCUT2D eigenvalue weighted by Gasteiger charge is -2.09. The number of hydrogen-bond donors (Lipinski definition) is 2. The number of halogens is 1. The van der Waals surface area contributed by atoms with Crippen molar-refractivity contribution >= 4 is 39.0 Å². The third kappa shape index (κ3) is 4.47. The molecular weight excluding hydrogens is 324 g/mol. The molecular formula is C13H17BrN4S. The smallest absolute Gasteiger partial charge is 0.224 e. The van der Waals surface area contributed by atoms with Crippen LogP contribution in [-0.4, -0.2) is 23.1 Å². The van der Waals surface area contributed by atoms with Crippen LogP contribution in [0.25, 0.3) is 0 Å². The van der Waals surface area contributed by atoms with Crippen molar-refractivity contribution in [3.63, 3.8) is 0 Å². The first-order valence-corrected chi connectivity index (χ1v) is 7.99. The van der Waals surface area contributed by atoms with Crippen molar-refractivity contribution in [2.24, 2.45) is 0 Å². The molecule has 19 heavy (non-hydrogen) atoms. The number of nitrogens with zero attached hydrogens (tertiary/aromatic N) is 2. The second-order valence-electron chi connectivity index (χ2n) is 4.07. The van der Waals surface area contributed by atoms with Gasteiger partial charge in [-0.05, 0) is 40.2 Å². The maximum atomic E-state index is 4.45. The van der Waals surface area contributed by atoms with Gasteiger partial charge < -0.3 is 10.6 Å². The summed E-state index contributed by atoms with van der Waals surface area (Å²) in [6.07, 6.45) is 3.84. The van der Waals surface area contributed by atoms with Crippen molar-refractivity contribution < 1.29 is 0 Å². The molecule has 0 radical (unpaired) electrons. The van der Waals surface area contributed by atoms with E-state index in [2.05, 4.69) is 61.0 Å². The fourth-order valence-corrected chi connectivity index (χ4v) is 2.61. The van der Waals surface area contributed by atoms with Crippen molar-refractivity contribution in [3.8, 4) is 0 Å². The quantitative estimate of drug-likeness (QED) is 0.805. The van der Waals surface area contributed by atoms with Gasteiger partial charge in [0.25, 0.3) is 0 Å². The number of hydrogen-bond acceptors (Lipinski definition) is 5. The van der Waals surface area contributed by atoms with E-state index in [0.717, 1.165) is 36.2 Å². The molecule has 0 amide bonds. The summed E-state index contributed by atoms with van der Waals surface area (Å²) < 4.78 is 0.890. The Morgan fingerprint density at radius 1 is 1.32 bits per heavy atom. The highest BCUT2D eigenvalue weighted by atomic mass is 79.9. The lowest BCUT2D eigenvalue weighted by Crippen LogP contribution is -2.10. The molecule has 4 nitrogen and oxygen atoms in total. The molecule has 0 aliphatic heterocycles. The van der Waals surface area contributed by atoms with Crippen molar-refractivity contribution in [1.29, 1.82) is 0 Å². The Labute approximate surface area is 125 Å². The molecule has 6 heteroatoms. The second-order valence-corrected chi connectivity index (χ2v) is 5.96. The van der Waals surface area contributed by atoms with Crippen molar-refractivity contribution in [1.82, 2.24) is 9.97 Å². The summed E-state index contributed by atoms with van der Waals surface area (Å²) in [4.78, 5) is 10.1. The van der Waals surface area contributed by atoms with Crippen LogP contribution >= 0.6 is 27.3 Å². The molecule has 0 saturated carbocycles. The van der Waals surface area contributed by atoms with E-state index in [1.54, 1.807) is 17.5 Å². The molecule has 0 aromatic carbocycles. The van der Waals surface area contributed by atoms with Gasteiger partial charge in [0.2, 0.25) is 5.95 Å². The number of anilines is 2. The maximum Gasteiger partial charge on any atom is 0.224 e. The van der Waals surface area contributed by atoms with Crippen LogP contribution in [0.5, 0.6) is 0 Å². The van der Waals surface area contributed by atoms with E-state index in [4.69, 9.17) is 0 Å². The van der Waals surface area contributed by atoms with Gasteiger partial charge >= 0.3 is 0 Å². The van der Waals surface area contributed by atoms with Crippen LogP contribution in [0.1, 0.15) is 18.2 Å². The van der Waals surface area contributed by atoms with E-state index in [-0.39, 0.29) is 0 Å². The van der Waals surface area contributed by atoms with Gasteiger partial charge in [0.15, 0.2) is 0 Å². The highest BCUT2D eigenvalue weighted by Gasteiger charge is 2.04. The first-order chi connectivity index (χ1) is 9.29. The highest BCUT2D eigenvalue weighted by molar-refractivity contribution is 9.10. The minimum Gasteiger partial charge on any atom is -0.369 e. The lowest BCUT2D eigenvalue weighted by molar-refractivity contribution is 0.946. The summed E-state index contributed by atoms with van der Waals surface area (Å²) in [5.41, 5.74) is 0. The van der Waals surface area contributed by atoms with Gasteiger partial charge in [-0.3, -0.25) is 0 Å². The Balaban J connectivity index is 1.90. The zero-order chi connectivity index (χ0) is 13.5. The fraction of sp³-hybridized carbons (Fsp3) is 0.385. The van der Waals surface area contributed by atoms with E-state index >= 15 is 0 Å². The Bertz CT molecular complexity index is 501. The monoisotopic (exact) mass is 340 g/mol. The lowest BCUT2D eigenvalue weighted by atomic mass is 10.3. The molecule has 2 aromatic rings. The third-order valence-corrected chi connectivity index (χ3v) is 4.04. The summed E-state index contributed by atoms with van der Waals surface area (Å²) in [5.74, 6) is 1.51. The van der Waals surface area contributed by atoms with Crippen LogP contribution in [-0.2, 0) is 6.42 Å². The predicted molar refractivity (Wildman–Crippen MR) is 85.0 cm³/mol. The minimum absolute atomic E-state index is 0.670. The summed E-state index contributed by atoms with van der Waals surface area (Å²) in [6, 6.07) is 4.23. The largest absolute Gasteiger partial charge is 0.369 e. The maximum absolute atomic E-state index is 4.45. The van der Waals surface area contributed by atoms with E-state index in [1.165, 1.54) is 4.88 Å². The number of rotatable bonds is 7. The Morgan fingerprint density at radius 2 is 2.21 bits per heavy atom. The zero-order valence-corrected chi connectivity index (χ0v) is 13.2. The van der Waals surface area contributed by atoms with Crippen LogP contribution in [0.15, 0.2) is 28.2 Å². The summed E-state index contributed by atoms with van der Waals surface area (Å²) in [7, 11) is 0. The first-order valence-electron chi connectivity index (χ1n) is 6.32. The molecule has 0 spiro atoms. The molecule has 0 unspecified atom stereocenters. The van der Waals surface area contributed by atoms with Crippen LogP contribution < -0.4 is 10.6 Å². The van der Waals surface area contributed by atoms with Crippen LogP contribution in [0, 0.1) is 0 Å². The molecule has 0 saturated heterocycles. The summed E-state index contributed by atoms with van der Waals surface area (Å²) >= 11 is 5.24. The number of aromatic nitrogens is 2. The molecule has 2 rings (SSSR count). The van der Waals surface area contributed by atoms with E-state index in [0.29, 0.717) is 5.95 Å². The van der Waals surface area contributed by atoms with E-state index in [9.17, 15) is 0 Å². The first kappa shape index (κ1) is 14.3. The SMILES string of the molecule is CCCNc1ncc(Br)c(NCCc2cccs2)n1. The Morgan fingerprint density at radius 3 is 2.95 bits per heavy atom. The highest BCUT2D eigenvalue weighted by Crippen LogP contribution is 2.20. The van der Waals surface area contributed by atoms with Gasteiger partial charge in [-0.25, -0.2) is 4.98 Å². The van der Waals surface area contributed by atoms with Gasteiger partial charge in [0, 0.05) is 24.2 Å². The van der Waals surface area contributed by atoms with Gasteiger partial charge in [0.05, 0.1) is 4.47 Å². The third-order valence-electron chi connectivity index (χ3n) is 2.52. The van der Waals surface area contributed by atoms with Crippen LogP contribution in [0.4, 0.5) is 11.8 Å². The summed E-state index contributed by atoms with van der Waals surface area (Å²) in [5, 5.41) is 8.62.